The normalized spacial score (nSPS) is 16.4. The summed E-state index contributed by atoms with van der Waals surface area (Å²) in [7, 11) is 0. The lowest BCUT2D eigenvalue weighted by Gasteiger charge is -2.26. The Kier molecular flexibility index (Phi) is 3.04. The molecule has 1 aliphatic carbocycles. The SMILES string of the molecule is NCCc1ccc(OC2CCC2)cc1. The molecule has 1 fully saturated rings. The Labute approximate surface area is 85.1 Å². The van der Waals surface area contributed by atoms with Crippen molar-refractivity contribution in [3.63, 3.8) is 0 Å². The quantitative estimate of drug-likeness (QED) is 0.791. The molecule has 2 nitrogen and oxygen atoms in total. The van der Waals surface area contributed by atoms with E-state index in [0.717, 1.165) is 12.2 Å². The van der Waals surface area contributed by atoms with E-state index in [0.29, 0.717) is 12.6 Å². The summed E-state index contributed by atoms with van der Waals surface area (Å²) in [5.41, 5.74) is 6.76. The minimum Gasteiger partial charge on any atom is -0.490 e. The van der Waals surface area contributed by atoms with Gasteiger partial charge in [0.05, 0.1) is 6.10 Å². The molecule has 76 valence electrons. The first kappa shape index (κ1) is 9.53. The topological polar surface area (TPSA) is 35.2 Å². The molecule has 2 heteroatoms. The Morgan fingerprint density at radius 3 is 2.43 bits per heavy atom. The number of benzene rings is 1. The average molecular weight is 191 g/mol. The van der Waals surface area contributed by atoms with Gasteiger partial charge in [-0.2, -0.15) is 0 Å². The van der Waals surface area contributed by atoms with Crippen molar-refractivity contribution in [1.82, 2.24) is 0 Å². The highest BCUT2D eigenvalue weighted by Gasteiger charge is 2.18. The van der Waals surface area contributed by atoms with Gasteiger partial charge in [-0.3, -0.25) is 0 Å². The molecule has 14 heavy (non-hydrogen) atoms. The first-order valence-electron chi connectivity index (χ1n) is 5.34. The third-order valence-electron chi connectivity index (χ3n) is 2.71. The lowest BCUT2D eigenvalue weighted by Crippen LogP contribution is -2.24. The number of rotatable bonds is 4. The first-order valence-corrected chi connectivity index (χ1v) is 5.34. The van der Waals surface area contributed by atoms with Crippen LogP contribution in [0.4, 0.5) is 0 Å². The Bertz CT molecular complexity index is 277. The second-order valence-electron chi connectivity index (χ2n) is 3.85. The van der Waals surface area contributed by atoms with Gasteiger partial charge in [-0.05, 0) is 49.9 Å². The van der Waals surface area contributed by atoms with Crippen LogP contribution in [0.25, 0.3) is 0 Å². The van der Waals surface area contributed by atoms with E-state index >= 15 is 0 Å². The van der Waals surface area contributed by atoms with Crippen molar-refractivity contribution in [3.8, 4) is 5.75 Å². The monoisotopic (exact) mass is 191 g/mol. The van der Waals surface area contributed by atoms with Crippen LogP contribution in [-0.4, -0.2) is 12.6 Å². The molecule has 2 rings (SSSR count). The Hall–Kier alpha value is -1.02. The van der Waals surface area contributed by atoms with Crippen molar-refractivity contribution in [2.45, 2.75) is 31.8 Å². The summed E-state index contributed by atoms with van der Waals surface area (Å²) < 4.78 is 5.75. The van der Waals surface area contributed by atoms with E-state index in [1.54, 1.807) is 0 Å². The zero-order chi connectivity index (χ0) is 9.80. The van der Waals surface area contributed by atoms with Crippen LogP contribution < -0.4 is 10.5 Å². The van der Waals surface area contributed by atoms with Crippen molar-refractivity contribution in [2.24, 2.45) is 5.73 Å². The fourth-order valence-electron chi connectivity index (χ4n) is 1.58. The van der Waals surface area contributed by atoms with E-state index in [2.05, 4.69) is 12.1 Å². The second-order valence-corrected chi connectivity index (χ2v) is 3.85. The van der Waals surface area contributed by atoms with Crippen LogP contribution in [0.5, 0.6) is 5.75 Å². The van der Waals surface area contributed by atoms with E-state index < -0.39 is 0 Å². The van der Waals surface area contributed by atoms with Gasteiger partial charge in [0.2, 0.25) is 0 Å². The standard InChI is InChI=1S/C12H17NO/c13-9-8-10-4-6-12(7-5-10)14-11-2-1-3-11/h4-7,11H,1-3,8-9,13H2. The predicted octanol–water partition coefficient (Wildman–Crippen LogP) is 2.12. The van der Waals surface area contributed by atoms with Gasteiger partial charge < -0.3 is 10.5 Å². The van der Waals surface area contributed by atoms with E-state index in [-0.39, 0.29) is 0 Å². The molecule has 0 atom stereocenters. The van der Waals surface area contributed by atoms with Crippen molar-refractivity contribution in [1.29, 1.82) is 0 Å². The van der Waals surface area contributed by atoms with Gasteiger partial charge in [-0.15, -0.1) is 0 Å². The molecule has 0 radical (unpaired) electrons. The first-order chi connectivity index (χ1) is 6.88. The Morgan fingerprint density at radius 1 is 1.21 bits per heavy atom. The highest BCUT2D eigenvalue weighted by molar-refractivity contribution is 5.27. The molecule has 1 aromatic rings. The van der Waals surface area contributed by atoms with Crippen LogP contribution in [0.1, 0.15) is 24.8 Å². The van der Waals surface area contributed by atoms with E-state index in [1.807, 2.05) is 12.1 Å². The molecule has 0 saturated heterocycles. The van der Waals surface area contributed by atoms with Crippen LogP contribution >= 0.6 is 0 Å². The summed E-state index contributed by atoms with van der Waals surface area (Å²) in [4.78, 5) is 0. The van der Waals surface area contributed by atoms with Crippen LogP contribution in [0.3, 0.4) is 0 Å². The highest BCUT2D eigenvalue weighted by atomic mass is 16.5. The molecule has 0 aromatic heterocycles. The van der Waals surface area contributed by atoms with Gasteiger partial charge in [-0.25, -0.2) is 0 Å². The van der Waals surface area contributed by atoms with Crippen LogP contribution in [0.15, 0.2) is 24.3 Å². The summed E-state index contributed by atoms with van der Waals surface area (Å²) >= 11 is 0. The Balaban J connectivity index is 1.91. The lowest BCUT2D eigenvalue weighted by atomic mass is 9.96. The number of hydrogen-bond acceptors (Lipinski definition) is 2. The molecule has 1 saturated carbocycles. The smallest absolute Gasteiger partial charge is 0.119 e. The van der Waals surface area contributed by atoms with Crippen molar-refractivity contribution >= 4 is 0 Å². The van der Waals surface area contributed by atoms with Crippen molar-refractivity contribution in [3.05, 3.63) is 29.8 Å². The third kappa shape index (κ3) is 2.26. The summed E-state index contributed by atoms with van der Waals surface area (Å²) in [6, 6.07) is 8.29. The number of hydrogen-bond donors (Lipinski definition) is 1. The third-order valence-corrected chi connectivity index (χ3v) is 2.71. The number of nitrogens with two attached hydrogens (primary N) is 1. The number of ether oxygens (including phenoxy) is 1. The van der Waals surface area contributed by atoms with Gasteiger partial charge in [0.25, 0.3) is 0 Å². The van der Waals surface area contributed by atoms with Gasteiger partial charge >= 0.3 is 0 Å². The average Bonchev–Trinajstić information content (AvgIpc) is 2.14. The van der Waals surface area contributed by atoms with Gasteiger partial charge in [0.1, 0.15) is 5.75 Å². The maximum Gasteiger partial charge on any atom is 0.119 e. The molecular weight excluding hydrogens is 174 g/mol. The molecular formula is C12H17NO. The lowest BCUT2D eigenvalue weighted by molar-refractivity contribution is 0.120. The maximum absolute atomic E-state index is 5.75. The fourth-order valence-corrected chi connectivity index (χ4v) is 1.58. The molecule has 0 heterocycles. The summed E-state index contributed by atoms with van der Waals surface area (Å²) in [6.07, 6.45) is 5.16. The zero-order valence-electron chi connectivity index (χ0n) is 8.41. The van der Waals surface area contributed by atoms with Gasteiger partial charge in [-0.1, -0.05) is 12.1 Å². The predicted molar refractivity (Wildman–Crippen MR) is 57.5 cm³/mol. The second kappa shape index (κ2) is 4.47. The van der Waals surface area contributed by atoms with Crippen molar-refractivity contribution < 1.29 is 4.74 Å². The molecule has 1 aromatic carbocycles. The van der Waals surface area contributed by atoms with Crippen LogP contribution in [0.2, 0.25) is 0 Å². The summed E-state index contributed by atoms with van der Waals surface area (Å²) in [5, 5.41) is 0. The van der Waals surface area contributed by atoms with Crippen molar-refractivity contribution in [2.75, 3.05) is 6.54 Å². The van der Waals surface area contributed by atoms with Crippen LogP contribution in [0, 0.1) is 0 Å². The van der Waals surface area contributed by atoms with E-state index in [1.165, 1.54) is 24.8 Å². The largest absolute Gasteiger partial charge is 0.490 e. The molecule has 0 spiro atoms. The Morgan fingerprint density at radius 2 is 1.93 bits per heavy atom. The summed E-state index contributed by atoms with van der Waals surface area (Å²) in [5.74, 6) is 0.996. The maximum atomic E-state index is 5.75. The fraction of sp³-hybridized carbons (Fsp3) is 0.500. The minimum atomic E-state index is 0.468. The zero-order valence-corrected chi connectivity index (χ0v) is 8.41. The van der Waals surface area contributed by atoms with Gasteiger partial charge in [0, 0.05) is 0 Å². The molecule has 1 aliphatic rings. The van der Waals surface area contributed by atoms with Gasteiger partial charge in [0.15, 0.2) is 0 Å². The highest BCUT2D eigenvalue weighted by Crippen LogP contribution is 2.25. The van der Waals surface area contributed by atoms with E-state index in [4.69, 9.17) is 10.5 Å². The molecule has 0 bridgehead atoms. The molecule has 0 amide bonds. The van der Waals surface area contributed by atoms with Crippen LogP contribution in [-0.2, 0) is 6.42 Å². The molecule has 2 N–H and O–H groups in total. The van der Waals surface area contributed by atoms with E-state index in [9.17, 15) is 0 Å². The molecule has 0 aliphatic heterocycles. The molecule has 0 unspecified atom stereocenters. The summed E-state index contributed by atoms with van der Waals surface area (Å²) in [6.45, 7) is 0.711. The minimum absolute atomic E-state index is 0.468.